The topological polar surface area (TPSA) is 70.9 Å². The summed E-state index contributed by atoms with van der Waals surface area (Å²) >= 11 is 0. The highest BCUT2D eigenvalue weighted by atomic mass is 16.1. The largest absolute Gasteiger partial charge is 0.399 e. The van der Waals surface area contributed by atoms with E-state index in [9.17, 15) is 4.79 Å². The van der Waals surface area contributed by atoms with Crippen molar-refractivity contribution in [2.75, 3.05) is 12.3 Å². The number of anilines is 1. The molecule has 0 fully saturated rings. The van der Waals surface area contributed by atoms with Gasteiger partial charge in [0.05, 0.1) is 0 Å². The van der Waals surface area contributed by atoms with Gasteiger partial charge in [0.15, 0.2) is 0 Å². The highest BCUT2D eigenvalue weighted by Crippen LogP contribution is 2.14. The summed E-state index contributed by atoms with van der Waals surface area (Å²) in [6, 6.07) is 15.3. The van der Waals surface area contributed by atoms with Crippen LogP contribution in [0.4, 0.5) is 5.69 Å². The molecule has 0 spiro atoms. The third kappa shape index (κ3) is 3.05. The Kier molecular flexibility index (Phi) is 3.60. The van der Waals surface area contributed by atoms with E-state index >= 15 is 0 Å². The molecule has 106 valence electrons. The van der Waals surface area contributed by atoms with Gasteiger partial charge in [0.25, 0.3) is 5.91 Å². The number of rotatable bonds is 4. The molecule has 4 heteroatoms. The Labute approximate surface area is 123 Å². The Morgan fingerprint density at radius 1 is 1.10 bits per heavy atom. The van der Waals surface area contributed by atoms with Crippen LogP contribution in [0.15, 0.2) is 54.7 Å². The molecule has 2 aromatic carbocycles. The minimum Gasteiger partial charge on any atom is -0.399 e. The Bertz CT molecular complexity index is 759. The van der Waals surface area contributed by atoms with Crippen LogP contribution in [0.3, 0.4) is 0 Å². The van der Waals surface area contributed by atoms with E-state index in [2.05, 4.69) is 10.3 Å². The number of H-pyrrole nitrogens is 1. The van der Waals surface area contributed by atoms with Crippen LogP contribution >= 0.6 is 0 Å². The van der Waals surface area contributed by atoms with Crippen LogP contribution in [0.1, 0.15) is 15.9 Å². The van der Waals surface area contributed by atoms with E-state index < -0.39 is 0 Å². The molecule has 4 nitrogen and oxygen atoms in total. The number of aromatic amines is 1. The maximum absolute atomic E-state index is 12.1. The average Bonchev–Trinajstić information content (AvgIpc) is 2.96. The first kappa shape index (κ1) is 13.2. The molecule has 3 aromatic rings. The molecule has 0 aliphatic heterocycles. The number of hydrogen-bond acceptors (Lipinski definition) is 2. The summed E-state index contributed by atoms with van der Waals surface area (Å²) < 4.78 is 0. The predicted octanol–water partition coefficient (Wildman–Crippen LogP) is 2.72. The quantitative estimate of drug-likeness (QED) is 0.643. The third-order valence-corrected chi connectivity index (χ3v) is 3.49. The molecule has 0 saturated heterocycles. The van der Waals surface area contributed by atoms with Crippen molar-refractivity contribution in [2.45, 2.75) is 6.42 Å². The fourth-order valence-corrected chi connectivity index (χ4v) is 2.30. The Morgan fingerprint density at radius 2 is 1.90 bits per heavy atom. The van der Waals surface area contributed by atoms with Gasteiger partial charge in [-0.1, -0.05) is 12.1 Å². The van der Waals surface area contributed by atoms with Crippen molar-refractivity contribution in [2.24, 2.45) is 0 Å². The van der Waals surface area contributed by atoms with Crippen LogP contribution < -0.4 is 11.1 Å². The van der Waals surface area contributed by atoms with Gasteiger partial charge in [0.1, 0.15) is 0 Å². The van der Waals surface area contributed by atoms with Crippen molar-refractivity contribution in [3.05, 3.63) is 65.9 Å². The second-order valence-corrected chi connectivity index (χ2v) is 5.03. The number of carbonyl (C=O) groups is 1. The standard InChI is InChI=1S/C17H17N3O/c18-15-4-1-12(2-5-15)7-9-20-17(21)14-3-6-16-13(11-14)8-10-19-16/h1-6,8,10-11,19H,7,9,18H2,(H,20,21). The zero-order valence-electron chi connectivity index (χ0n) is 11.6. The van der Waals surface area contributed by atoms with E-state index in [0.717, 1.165) is 28.6 Å². The lowest BCUT2D eigenvalue weighted by Crippen LogP contribution is -2.25. The summed E-state index contributed by atoms with van der Waals surface area (Å²) in [4.78, 5) is 15.2. The van der Waals surface area contributed by atoms with Gasteiger partial charge < -0.3 is 16.0 Å². The molecule has 0 aliphatic carbocycles. The molecule has 0 atom stereocenters. The van der Waals surface area contributed by atoms with Crippen molar-refractivity contribution in [3.63, 3.8) is 0 Å². The average molecular weight is 279 g/mol. The van der Waals surface area contributed by atoms with E-state index in [1.807, 2.05) is 54.7 Å². The normalized spacial score (nSPS) is 10.7. The molecule has 0 unspecified atom stereocenters. The number of hydrogen-bond donors (Lipinski definition) is 3. The second kappa shape index (κ2) is 5.71. The molecule has 1 amide bonds. The van der Waals surface area contributed by atoms with Gasteiger partial charge in [0, 0.05) is 34.9 Å². The van der Waals surface area contributed by atoms with E-state index in [0.29, 0.717) is 12.1 Å². The first-order chi connectivity index (χ1) is 10.2. The summed E-state index contributed by atoms with van der Waals surface area (Å²) in [5.74, 6) is -0.0476. The second-order valence-electron chi connectivity index (χ2n) is 5.03. The Hall–Kier alpha value is -2.75. The molecule has 1 aromatic heterocycles. The van der Waals surface area contributed by atoms with Crippen molar-refractivity contribution in [1.82, 2.24) is 10.3 Å². The molecule has 1 heterocycles. The molecular formula is C17H17N3O. The Balaban J connectivity index is 1.59. The number of aromatic nitrogens is 1. The molecule has 0 bridgehead atoms. The number of amides is 1. The highest BCUT2D eigenvalue weighted by Gasteiger charge is 2.06. The van der Waals surface area contributed by atoms with Gasteiger partial charge in [-0.25, -0.2) is 0 Å². The zero-order valence-corrected chi connectivity index (χ0v) is 11.6. The van der Waals surface area contributed by atoms with Gasteiger partial charge >= 0.3 is 0 Å². The summed E-state index contributed by atoms with van der Waals surface area (Å²) in [5, 5.41) is 3.98. The summed E-state index contributed by atoms with van der Waals surface area (Å²) in [6.07, 6.45) is 2.66. The minimum absolute atomic E-state index is 0.0476. The minimum atomic E-state index is -0.0476. The van der Waals surface area contributed by atoms with Crippen molar-refractivity contribution < 1.29 is 4.79 Å². The van der Waals surface area contributed by atoms with Crippen LogP contribution in [0.25, 0.3) is 10.9 Å². The van der Waals surface area contributed by atoms with Gasteiger partial charge in [-0.3, -0.25) is 4.79 Å². The summed E-state index contributed by atoms with van der Waals surface area (Å²) in [5.41, 5.74) is 9.27. The maximum Gasteiger partial charge on any atom is 0.251 e. The summed E-state index contributed by atoms with van der Waals surface area (Å²) in [6.45, 7) is 0.605. The van der Waals surface area contributed by atoms with E-state index in [1.165, 1.54) is 0 Å². The zero-order chi connectivity index (χ0) is 14.7. The first-order valence-electron chi connectivity index (χ1n) is 6.92. The van der Waals surface area contributed by atoms with Crippen LogP contribution in [0, 0.1) is 0 Å². The van der Waals surface area contributed by atoms with Crippen LogP contribution in [-0.2, 0) is 6.42 Å². The fourth-order valence-electron chi connectivity index (χ4n) is 2.30. The van der Waals surface area contributed by atoms with Crippen molar-refractivity contribution in [3.8, 4) is 0 Å². The lowest BCUT2D eigenvalue weighted by atomic mass is 10.1. The SMILES string of the molecule is Nc1ccc(CCNC(=O)c2ccc3[nH]ccc3c2)cc1. The lowest BCUT2D eigenvalue weighted by Gasteiger charge is -2.06. The molecule has 0 radical (unpaired) electrons. The van der Waals surface area contributed by atoms with Gasteiger partial charge in [-0.15, -0.1) is 0 Å². The molecule has 4 N–H and O–H groups in total. The third-order valence-electron chi connectivity index (χ3n) is 3.49. The lowest BCUT2D eigenvalue weighted by molar-refractivity contribution is 0.0954. The number of nitrogens with two attached hydrogens (primary N) is 1. The van der Waals surface area contributed by atoms with Crippen molar-refractivity contribution >= 4 is 22.5 Å². The molecular weight excluding hydrogens is 262 g/mol. The number of carbonyl (C=O) groups excluding carboxylic acids is 1. The van der Waals surface area contributed by atoms with Crippen LogP contribution in [0.5, 0.6) is 0 Å². The Morgan fingerprint density at radius 3 is 2.71 bits per heavy atom. The molecule has 21 heavy (non-hydrogen) atoms. The number of nitrogen functional groups attached to an aromatic ring is 1. The monoisotopic (exact) mass is 279 g/mol. The van der Waals surface area contributed by atoms with Gasteiger partial charge in [0.2, 0.25) is 0 Å². The maximum atomic E-state index is 12.1. The van der Waals surface area contributed by atoms with Crippen LogP contribution in [0.2, 0.25) is 0 Å². The first-order valence-corrected chi connectivity index (χ1v) is 6.92. The predicted molar refractivity (Wildman–Crippen MR) is 85.2 cm³/mol. The smallest absolute Gasteiger partial charge is 0.251 e. The number of fused-ring (bicyclic) bond motifs is 1. The summed E-state index contributed by atoms with van der Waals surface area (Å²) in [7, 11) is 0. The molecule has 0 aliphatic rings. The molecule has 0 saturated carbocycles. The van der Waals surface area contributed by atoms with Crippen molar-refractivity contribution in [1.29, 1.82) is 0 Å². The number of benzene rings is 2. The highest BCUT2D eigenvalue weighted by molar-refractivity contribution is 5.98. The fraction of sp³-hybridized carbons (Fsp3) is 0.118. The van der Waals surface area contributed by atoms with E-state index in [-0.39, 0.29) is 5.91 Å². The van der Waals surface area contributed by atoms with Gasteiger partial charge in [-0.2, -0.15) is 0 Å². The van der Waals surface area contributed by atoms with Gasteiger partial charge in [-0.05, 0) is 48.4 Å². The van der Waals surface area contributed by atoms with E-state index in [1.54, 1.807) is 0 Å². The number of nitrogens with one attached hydrogen (secondary N) is 2. The molecule has 3 rings (SSSR count). The van der Waals surface area contributed by atoms with E-state index in [4.69, 9.17) is 5.73 Å². The van der Waals surface area contributed by atoms with Crippen LogP contribution in [-0.4, -0.2) is 17.4 Å².